The van der Waals surface area contributed by atoms with Crippen LogP contribution in [0.1, 0.15) is 58.9 Å². The molecule has 6 nitrogen and oxygen atoms in total. The molecule has 1 fully saturated rings. The number of aryl methyl sites for hydroxylation is 2. The van der Waals surface area contributed by atoms with Crippen LogP contribution in [0.2, 0.25) is 0 Å². The van der Waals surface area contributed by atoms with Crippen LogP contribution >= 0.6 is 15.9 Å². The standard InChI is InChI=1S/C21H23BrN4O2/c1-12-9-13(2)25-20(27)15(12)10-23-21(28)19-16-11-24-26(14-5-3-4-6-14)18(16)8-7-17(19)22/h7-9,11,14H,3-6,10H2,1-2H3,(H,23,28)(H,25,27). The van der Waals surface area contributed by atoms with E-state index < -0.39 is 0 Å². The molecule has 2 N–H and O–H groups in total. The number of hydrogen-bond donors (Lipinski definition) is 2. The monoisotopic (exact) mass is 442 g/mol. The van der Waals surface area contributed by atoms with E-state index in [4.69, 9.17) is 0 Å². The number of aromatic amines is 1. The first kappa shape index (κ1) is 18.9. The predicted octanol–water partition coefficient (Wildman–Crippen LogP) is 4.15. The zero-order valence-electron chi connectivity index (χ0n) is 16.0. The molecule has 0 saturated heterocycles. The summed E-state index contributed by atoms with van der Waals surface area (Å²) in [6.07, 6.45) is 6.48. The van der Waals surface area contributed by atoms with Crippen molar-refractivity contribution in [2.75, 3.05) is 0 Å². The molecule has 0 radical (unpaired) electrons. The lowest BCUT2D eigenvalue weighted by Gasteiger charge is -2.13. The number of amides is 1. The molecule has 0 atom stereocenters. The zero-order chi connectivity index (χ0) is 19.8. The Labute approximate surface area is 171 Å². The Kier molecular flexibility index (Phi) is 5.10. The minimum Gasteiger partial charge on any atom is -0.348 e. The summed E-state index contributed by atoms with van der Waals surface area (Å²) in [6.45, 7) is 3.91. The van der Waals surface area contributed by atoms with E-state index in [0.29, 0.717) is 17.2 Å². The fourth-order valence-electron chi connectivity index (χ4n) is 4.12. The first-order valence-electron chi connectivity index (χ1n) is 9.59. The Bertz CT molecular complexity index is 1110. The third kappa shape index (κ3) is 3.39. The third-order valence-corrected chi connectivity index (χ3v) is 6.21. The molecule has 1 aliphatic carbocycles. The van der Waals surface area contributed by atoms with Crippen molar-refractivity contribution in [3.8, 4) is 0 Å². The van der Waals surface area contributed by atoms with E-state index in [1.165, 1.54) is 12.8 Å². The van der Waals surface area contributed by atoms with Crippen LogP contribution in [0.5, 0.6) is 0 Å². The summed E-state index contributed by atoms with van der Waals surface area (Å²) in [7, 11) is 0. The van der Waals surface area contributed by atoms with Gasteiger partial charge in [-0.1, -0.05) is 12.8 Å². The van der Waals surface area contributed by atoms with Crippen LogP contribution in [0, 0.1) is 13.8 Å². The number of rotatable bonds is 4. The third-order valence-electron chi connectivity index (χ3n) is 5.55. The van der Waals surface area contributed by atoms with Crippen molar-refractivity contribution in [1.82, 2.24) is 20.1 Å². The Morgan fingerprint density at radius 2 is 2.07 bits per heavy atom. The summed E-state index contributed by atoms with van der Waals surface area (Å²) in [5.41, 5.74) is 3.62. The maximum atomic E-state index is 13.0. The van der Waals surface area contributed by atoms with Gasteiger partial charge < -0.3 is 10.3 Å². The average Bonchev–Trinajstić information content (AvgIpc) is 3.29. The summed E-state index contributed by atoms with van der Waals surface area (Å²) in [5.74, 6) is -0.220. The van der Waals surface area contributed by atoms with Crippen molar-refractivity contribution in [2.45, 2.75) is 52.1 Å². The van der Waals surface area contributed by atoms with Crippen molar-refractivity contribution < 1.29 is 4.79 Å². The fourth-order valence-corrected chi connectivity index (χ4v) is 4.65. The van der Waals surface area contributed by atoms with Crippen LogP contribution in [0.25, 0.3) is 10.9 Å². The van der Waals surface area contributed by atoms with E-state index in [1.807, 2.05) is 32.0 Å². The number of hydrogen-bond acceptors (Lipinski definition) is 3. The van der Waals surface area contributed by atoms with Crippen molar-refractivity contribution in [3.63, 3.8) is 0 Å². The second-order valence-electron chi connectivity index (χ2n) is 7.51. The van der Waals surface area contributed by atoms with Gasteiger partial charge >= 0.3 is 0 Å². The minimum absolute atomic E-state index is 0.163. The van der Waals surface area contributed by atoms with E-state index in [2.05, 4.69) is 36.0 Å². The smallest absolute Gasteiger partial charge is 0.253 e. The molecular weight excluding hydrogens is 420 g/mol. The van der Waals surface area contributed by atoms with Crippen LogP contribution in [0.4, 0.5) is 0 Å². The summed E-state index contributed by atoms with van der Waals surface area (Å²) in [4.78, 5) is 28.0. The van der Waals surface area contributed by atoms with E-state index in [0.717, 1.165) is 39.5 Å². The molecule has 28 heavy (non-hydrogen) atoms. The number of H-pyrrole nitrogens is 1. The Morgan fingerprint density at radius 3 is 2.79 bits per heavy atom. The van der Waals surface area contributed by atoms with Crippen molar-refractivity contribution in [2.24, 2.45) is 0 Å². The van der Waals surface area contributed by atoms with Gasteiger partial charge in [-0.05, 0) is 66.4 Å². The van der Waals surface area contributed by atoms with Crippen molar-refractivity contribution >= 4 is 32.7 Å². The molecule has 1 amide bonds. The van der Waals surface area contributed by atoms with Crippen LogP contribution in [-0.4, -0.2) is 20.7 Å². The summed E-state index contributed by atoms with van der Waals surface area (Å²) in [5, 5.41) is 8.31. The second kappa shape index (κ2) is 7.54. The largest absolute Gasteiger partial charge is 0.348 e. The molecular formula is C21H23BrN4O2. The van der Waals surface area contributed by atoms with Gasteiger partial charge in [0.1, 0.15) is 0 Å². The Balaban J connectivity index is 1.64. The summed E-state index contributed by atoms with van der Waals surface area (Å²) in [6, 6.07) is 6.22. The van der Waals surface area contributed by atoms with E-state index in [1.54, 1.807) is 6.20 Å². The van der Waals surface area contributed by atoms with Gasteiger partial charge in [0.15, 0.2) is 0 Å². The second-order valence-corrected chi connectivity index (χ2v) is 8.36. The zero-order valence-corrected chi connectivity index (χ0v) is 17.6. The molecule has 2 aromatic heterocycles. The average molecular weight is 443 g/mol. The predicted molar refractivity (Wildman–Crippen MR) is 113 cm³/mol. The highest BCUT2D eigenvalue weighted by Crippen LogP contribution is 2.34. The molecule has 4 rings (SSSR count). The maximum absolute atomic E-state index is 13.0. The van der Waals surface area contributed by atoms with Crippen LogP contribution in [0.15, 0.2) is 33.7 Å². The summed E-state index contributed by atoms with van der Waals surface area (Å²) >= 11 is 3.51. The number of benzene rings is 1. The molecule has 0 unspecified atom stereocenters. The van der Waals surface area contributed by atoms with E-state index in [9.17, 15) is 9.59 Å². The SMILES string of the molecule is Cc1cc(C)c(CNC(=O)c2c(Br)ccc3c2cnn3C2CCCC2)c(=O)[nH]1. The molecule has 1 saturated carbocycles. The highest BCUT2D eigenvalue weighted by atomic mass is 79.9. The number of aromatic nitrogens is 3. The molecule has 1 aliphatic rings. The molecule has 1 aromatic carbocycles. The van der Waals surface area contributed by atoms with Crippen molar-refractivity contribution in [1.29, 1.82) is 0 Å². The van der Waals surface area contributed by atoms with Gasteiger partial charge in [0.05, 0.1) is 23.3 Å². The van der Waals surface area contributed by atoms with Gasteiger partial charge in [0.25, 0.3) is 11.5 Å². The van der Waals surface area contributed by atoms with Gasteiger partial charge in [0.2, 0.25) is 0 Å². The summed E-state index contributed by atoms with van der Waals surface area (Å²) < 4.78 is 2.78. The molecule has 0 aliphatic heterocycles. The minimum atomic E-state index is -0.220. The van der Waals surface area contributed by atoms with E-state index >= 15 is 0 Å². The van der Waals surface area contributed by atoms with Gasteiger partial charge in [-0.2, -0.15) is 5.10 Å². The van der Waals surface area contributed by atoms with Gasteiger partial charge in [-0.3, -0.25) is 14.3 Å². The first-order valence-corrected chi connectivity index (χ1v) is 10.4. The lowest BCUT2D eigenvalue weighted by Crippen LogP contribution is -2.28. The molecule has 3 aromatic rings. The topological polar surface area (TPSA) is 79.8 Å². The van der Waals surface area contributed by atoms with Gasteiger partial charge in [0, 0.05) is 27.7 Å². The number of halogens is 1. The van der Waals surface area contributed by atoms with Crippen LogP contribution < -0.4 is 10.9 Å². The lowest BCUT2D eigenvalue weighted by atomic mass is 10.1. The highest BCUT2D eigenvalue weighted by molar-refractivity contribution is 9.10. The Morgan fingerprint density at radius 1 is 1.32 bits per heavy atom. The quantitative estimate of drug-likeness (QED) is 0.636. The normalized spacial score (nSPS) is 14.7. The van der Waals surface area contributed by atoms with Crippen LogP contribution in [-0.2, 0) is 6.54 Å². The van der Waals surface area contributed by atoms with Gasteiger partial charge in [-0.15, -0.1) is 0 Å². The number of pyridine rings is 1. The highest BCUT2D eigenvalue weighted by Gasteiger charge is 2.23. The van der Waals surface area contributed by atoms with E-state index in [-0.39, 0.29) is 18.0 Å². The number of carbonyl (C=O) groups excluding carboxylic acids is 1. The Hall–Kier alpha value is -2.41. The van der Waals surface area contributed by atoms with Gasteiger partial charge in [-0.25, -0.2) is 0 Å². The molecule has 7 heteroatoms. The molecule has 0 bridgehead atoms. The first-order chi connectivity index (χ1) is 13.5. The number of nitrogens with zero attached hydrogens (tertiary/aromatic N) is 2. The number of nitrogens with one attached hydrogen (secondary N) is 2. The fraction of sp³-hybridized carbons (Fsp3) is 0.381. The number of carbonyl (C=O) groups is 1. The maximum Gasteiger partial charge on any atom is 0.253 e. The van der Waals surface area contributed by atoms with Crippen LogP contribution in [0.3, 0.4) is 0 Å². The molecule has 0 spiro atoms. The molecule has 2 heterocycles. The van der Waals surface area contributed by atoms with Crippen molar-refractivity contribution in [3.05, 3.63) is 61.6 Å². The lowest BCUT2D eigenvalue weighted by molar-refractivity contribution is 0.0951. The number of fused-ring (bicyclic) bond motifs is 1. The molecule has 146 valence electrons.